The van der Waals surface area contributed by atoms with Gasteiger partial charge in [0.2, 0.25) is 5.91 Å². The van der Waals surface area contributed by atoms with Crippen molar-refractivity contribution in [1.29, 1.82) is 0 Å². The molecule has 1 N–H and O–H groups in total. The number of likely N-dealkylation sites (tertiary alicyclic amines) is 1. The number of rotatable bonds is 7. The second-order valence-electron chi connectivity index (χ2n) is 7.16. The third-order valence-electron chi connectivity index (χ3n) is 4.93. The predicted molar refractivity (Wildman–Crippen MR) is 112 cm³/mol. The maximum absolute atomic E-state index is 12.3. The molecule has 3 heterocycles. The molecule has 0 saturated carbocycles. The molecule has 1 aliphatic heterocycles. The Kier molecular flexibility index (Phi) is 6.14. The highest BCUT2D eigenvalue weighted by Gasteiger charge is 2.13. The molecule has 0 bridgehead atoms. The van der Waals surface area contributed by atoms with Crippen LogP contribution in [-0.2, 0) is 17.8 Å². The van der Waals surface area contributed by atoms with E-state index in [9.17, 15) is 4.79 Å². The minimum absolute atomic E-state index is 0.00802. The number of anilines is 1. The van der Waals surface area contributed by atoms with Gasteiger partial charge in [0.1, 0.15) is 0 Å². The Hall–Kier alpha value is -2.51. The Labute approximate surface area is 169 Å². The highest BCUT2D eigenvalue weighted by atomic mass is 32.1. The molecule has 7 heteroatoms. The van der Waals surface area contributed by atoms with Crippen molar-refractivity contribution in [3.63, 3.8) is 0 Å². The first-order valence-electron chi connectivity index (χ1n) is 9.82. The fraction of sp³-hybridized carbons (Fsp3) is 0.381. The Bertz CT molecular complexity index is 898. The third-order valence-corrected chi connectivity index (χ3v) is 5.74. The molecule has 1 amide bonds. The molecule has 1 aromatic carbocycles. The van der Waals surface area contributed by atoms with Crippen LogP contribution < -0.4 is 5.32 Å². The molecule has 0 unspecified atom stereocenters. The quantitative estimate of drug-likeness (QED) is 0.659. The number of aromatic nitrogens is 3. The van der Waals surface area contributed by atoms with E-state index < -0.39 is 0 Å². The average Bonchev–Trinajstić information content (AvgIpc) is 3.38. The molecule has 146 valence electrons. The van der Waals surface area contributed by atoms with Gasteiger partial charge in [0.15, 0.2) is 5.13 Å². The fourth-order valence-corrected chi connectivity index (χ4v) is 4.15. The van der Waals surface area contributed by atoms with Crippen LogP contribution in [0.3, 0.4) is 0 Å². The second-order valence-corrected chi connectivity index (χ2v) is 8.02. The Balaban J connectivity index is 1.25. The molecular formula is C21H25N5OS. The number of amides is 1. The van der Waals surface area contributed by atoms with Gasteiger partial charge in [0.25, 0.3) is 0 Å². The van der Waals surface area contributed by atoms with Gasteiger partial charge in [-0.3, -0.25) is 9.69 Å². The van der Waals surface area contributed by atoms with E-state index >= 15 is 0 Å². The highest BCUT2D eigenvalue weighted by molar-refractivity contribution is 7.13. The number of piperidine rings is 1. The summed E-state index contributed by atoms with van der Waals surface area (Å²) in [7, 11) is 0. The van der Waals surface area contributed by atoms with Crippen molar-refractivity contribution in [3.8, 4) is 5.69 Å². The third kappa shape index (κ3) is 5.05. The summed E-state index contributed by atoms with van der Waals surface area (Å²) in [6.07, 6.45) is 8.75. The number of nitrogens with zero attached hydrogens (tertiary/aromatic N) is 4. The summed E-state index contributed by atoms with van der Waals surface area (Å²) in [6, 6.07) is 9.96. The van der Waals surface area contributed by atoms with Crippen molar-refractivity contribution in [3.05, 3.63) is 59.4 Å². The molecule has 0 radical (unpaired) electrons. The first-order chi connectivity index (χ1) is 13.8. The van der Waals surface area contributed by atoms with Crippen molar-refractivity contribution >= 4 is 22.4 Å². The van der Waals surface area contributed by atoms with Crippen LogP contribution in [-0.4, -0.2) is 38.7 Å². The summed E-state index contributed by atoms with van der Waals surface area (Å²) < 4.78 is 1.83. The van der Waals surface area contributed by atoms with E-state index in [0.29, 0.717) is 18.0 Å². The van der Waals surface area contributed by atoms with Crippen molar-refractivity contribution in [2.45, 2.75) is 38.6 Å². The first kappa shape index (κ1) is 18.8. The number of aryl methyl sites for hydroxylation is 1. The van der Waals surface area contributed by atoms with Gasteiger partial charge in [0, 0.05) is 24.5 Å². The molecule has 2 aromatic heterocycles. The van der Waals surface area contributed by atoms with Gasteiger partial charge in [-0.05, 0) is 50.0 Å². The smallest absolute Gasteiger partial charge is 0.226 e. The van der Waals surface area contributed by atoms with Crippen LogP contribution >= 0.6 is 11.3 Å². The largest absolute Gasteiger partial charge is 0.302 e. The minimum atomic E-state index is -0.00802. The van der Waals surface area contributed by atoms with Crippen LogP contribution in [0.4, 0.5) is 5.13 Å². The Morgan fingerprint density at radius 3 is 2.79 bits per heavy atom. The van der Waals surface area contributed by atoms with E-state index in [2.05, 4.69) is 20.3 Å². The van der Waals surface area contributed by atoms with Crippen LogP contribution in [0.1, 0.15) is 36.9 Å². The number of carbonyl (C=O) groups excluding carboxylic acids is 1. The van der Waals surface area contributed by atoms with Crippen LogP contribution in [0.15, 0.2) is 48.1 Å². The summed E-state index contributed by atoms with van der Waals surface area (Å²) in [6.45, 7) is 3.18. The lowest BCUT2D eigenvalue weighted by molar-refractivity contribution is -0.116. The maximum atomic E-state index is 12.3. The summed E-state index contributed by atoms with van der Waals surface area (Å²) in [5.74, 6) is -0.00802. The standard InChI is InChI=1S/C21H25N5OS/c27-20(10-9-17-13-22-26(14-17)19-7-3-1-4-8-19)24-21-23-18(16-28-21)15-25-11-5-2-6-12-25/h1,3-4,7-8,13-14,16H,2,5-6,9-12,15H2,(H,23,24,27). The molecule has 28 heavy (non-hydrogen) atoms. The number of nitrogens with one attached hydrogen (secondary N) is 1. The molecule has 1 fully saturated rings. The van der Waals surface area contributed by atoms with Gasteiger partial charge in [-0.1, -0.05) is 24.6 Å². The van der Waals surface area contributed by atoms with Crippen LogP contribution in [0.5, 0.6) is 0 Å². The summed E-state index contributed by atoms with van der Waals surface area (Å²) in [4.78, 5) is 19.3. The maximum Gasteiger partial charge on any atom is 0.226 e. The second kappa shape index (κ2) is 9.12. The first-order valence-corrected chi connectivity index (χ1v) is 10.7. The number of benzene rings is 1. The zero-order valence-electron chi connectivity index (χ0n) is 15.9. The summed E-state index contributed by atoms with van der Waals surface area (Å²) in [5, 5.41) is 10.0. The van der Waals surface area contributed by atoms with Gasteiger partial charge >= 0.3 is 0 Å². The van der Waals surface area contributed by atoms with Crippen molar-refractivity contribution < 1.29 is 4.79 Å². The lowest BCUT2D eigenvalue weighted by Gasteiger charge is -2.25. The molecule has 4 rings (SSSR count). The van der Waals surface area contributed by atoms with Crippen LogP contribution in [0.25, 0.3) is 5.69 Å². The molecule has 0 spiro atoms. The van der Waals surface area contributed by atoms with Gasteiger partial charge in [0.05, 0.1) is 17.6 Å². The number of para-hydroxylation sites is 1. The van der Waals surface area contributed by atoms with Crippen molar-refractivity contribution in [2.24, 2.45) is 0 Å². The minimum Gasteiger partial charge on any atom is -0.302 e. The normalized spacial score (nSPS) is 14.9. The molecular weight excluding hydrogens is 370 g/mol. The zero-order chi connectivity index (χ0) is 19.2. The number of hydrogen-bond donors (Lipinski definition) is 1. The topological polar surface area (TPSA) is 63.1 Å². The SMILES string of the molecule is O=C(CCc1cnn(-c2ccccc2)c1)Nc1nc(CN2CCCCC2)cs1. The van der Waals surface area contributed by atoms with E-state index in [1.54, 1.807) is 0 Å². The molecule has 1 aliphatic rings. The van der Waals surface area contributed by atoms with Gasteiger partial charge in [-0.2, -0.15) is 5.10 Å². The van der Waals surface area contributed by atoms with Gasteiger partial charge in [-0.15, -0.1) is 11.3 Å². The number of thiazole rings is 1. The average molecular weight is 396 g/mol. The lowest BCUT2D eigenvalue weighted by atomic mass is 10.1. The van der Waals surface area contributed by atoms with Crippen LogP contribution in [0.2, 0.25) is 0 Å². The molecule has 6 nitrogen and oxygen atoms in total. The zero-order valence-corrected chi connectivity index (χ0v) is 16.7. The Morgan fingerprint density at radius 2 is 1.96 bits per heavy atom. The predicted octanol–water partition coefficient (Wildman–Crippen LogP) is 3.89. The van der Waals surface area contributed by atoms with Crippen molar-refractivity contribution in [2.75, 3.05) is 18.4 Å². The van der Waals surface area contributed by atoms with Crippen molar-refractivity contribution in [1.82, 2.24) is 19.7 Å². The van der Waals surface area contributed by atoms with E-state index in [0.717, 1.165) is 36.6 Å². The Morgan fingerprint density at radius 1 is 1.14 bits per heavy atom. The lowest BCUT2D eigenvalue weighted by Crippen LogP contribution is -2.29. The molecule has 3 aromatic rings. The monoisotopic (exact) mass is 395 g/mol. The number of hydrogen-bond acceptors (Lipinski definition) is 5. The van der Waals surface area contributed by atoms with Gasteiger partial charge < -0.3 is 5.32 Å². The number of carbonyl (C=O) groups is 1. The van der Waals surface area contributed by atoms with E-state index in [1.807, 2.05) is 52.8 Å². The molecule has 0 atom stereocenters. The highest BCUT2D eigenvalue weighted by Crippen LogP contribution is 2.19. The van der Waals surface area contributed by atoms with Gasteiger partial charge in [-0.25, -0.2) is 9.67 Å². The van der Waals surface area contributed by atoms with E-state index in [-0.39, 0.29) is 5.91 Å². The van der Waals surface area contributed by atoms with Crippen LogP contribution in [0, 0.1) is 0 Å². The summed E-state index contributed by atoms with van der Waals surface area (Å²) >= 11 is 1.50. The molecule has 0 aliphatic carbocycles. The van der Waals surface area contributed by atoms with E-state index in [4.69, 9.17) is 0 Å². The molecule has 1 saturated heterocycles. The summed E-state index contributed by atoms with van der Waals surface area (Å²) in [5.41, 5.74) is 3.11. The fourth-order valence-electron chi connectivity index (χ4n) is 3.43. The van der Waals surface area contributed by atoms with E-state index in [1.165, 1.54) is 30.6 Å².